The number of halogens is 1. The van der Waals surface area contributed by atoms with E-state index in [9.17, 15) is 9.59 Å². The van der Waals surface area contributed by atoms with Gasteiger partial charge in [0.25, 0.3) is 0 Å². The highest BCUT2D eigenvalue weighted by molar-refractivity contribution is 6.30. The number of rotatable bonds is 5. The number of carbonyl (C=O) groups excluding carboxylic acids is 2. The van der Waals surface area contributed by atoms with Crippen molar-refractivity contribution in [2.75, 3.05) is 18.4 Å². The number of amides is 2. The van der Waals surface area contributed by atoms with Gasteiger partial charge in [-0.25, -0.2) is 0 Å². The van der Waals surface area contributed by atoms with Crippen LogP contribution in [0.3, 0.4) is 0 Å². The maximum atomic E-state index is 12.5. The number of benzene rings is 1. The van der Waals surface area contributed by atoms with Gasteiger partial charge in [-0.3, -0.25) is 9.59 Å². The lowest BCUT2D eigenvalue weighted by Gasteiger charge is -2.29. The van der Waals surface area contributed by atoms with Crippen LogP contribution >= 0.6 is 11.6 Å². The van der Waals surface area contributed by atoms with E-state index in [0.29, 0.717) is 23.8 Å². The van der Waals surface area contributed by atoms with Gasteiger partial charge < -0.3 is 10.2 Å². The fourth-order valence-corrected chi connectivity index (χ4v) is 2.28. The second-order valence-electron chi connectivity index (χ2n) is 5.52. The third-order valence-corrected chi connectivity index (χ3v) is 3.82. The van der Waals surface area contributed by atoms with Gasteiger partial charge in [-0.1, -0.05) is 11.6 Å². The van der Waals surface area contributed by atoms with Crippen LogP contribution in [-0.4, -0.2) is 29.8 Å². The van der Waals surface area contributed by atoms with Gasteiger partial charge in [0.15, 0.2) is 0 Å². The zero-order valence-electron chi connectivity index (χ0n) is 13.3. The second kappa shape index (κ2) is 6.94. The van der Waals surface area contributed by atoms with Crippen molar-refractivity contribution in [3.8, 4) is 0 Å². The summed E-state index contributed by atoms with van der Waals surface area (Å²) in [6.07, 6.45) is 0. The molecule has 1 aromatic rings. The monoisotopic (exact) mass is 310 g/mol. The van der Waals surface area contributed by atoms with Gasteiger partial charge in [-0.05, 0) is 58.4 Å². The van der Waals surface area contributed by atoms with Crippen molar-refractivity contribution in [3.63, 3.8) is 0 Å². The molecule has 2 amide bonds. The van der Waals surface area contributed by atoms with E-state index in [2.05, 4.69) is 5.32 Å². The number of aryl methyl sites for hydroxylation is 1. The molecule has 1 aromatic carbocycles. The first-order valence-corrected chi connectivity index (χ1v) is 7.48. The molecule has 0 saturated carbocycles. The van der Waals surface area contributed by atoms with Gasteiger partial charge in [0.1, 0.15) is 5.41 Å². The Hall–Kier alpha value is -1.55. The molecule has 0 aliphatic carbocycles. The summed E-state index contributed by atoms with van der Waals surface area (Å²) in [7, 11) is 0. The van der Waals surface area contributed by atoms with Crippen LogP contribution in [0.1, 0.15) is 33.3 Å². The number of nitrogens with zero attached hydrogens (tertiary/aromatic N) is 1. The van der Waals surface area contributed by atoms with Crippen LogP contribution in [0.25, 0.3) is 0 Å². The molecule has 1 rings (SSSR count). The molecular weight excluding hydrogens is 288 g/mol. The number of nitrogens with one attached hydrogen (secondary N) is 1. The van der Waals surface area contributed by atoms with Gasteiger partial charge in [-0.2, -0.15) is 0 Å². The van der Waals surface area contributed by atoms with E-state index >= 15 is 0 Å². The smallest absolute Gasteiger partial charge is 0.239 e. The Morgan fingerprint density at radius 3 is 2.29 bits per heavy atom. The van der Waals surface area contributed by atoms with E-state index in [1.54, 1.807) is 36.9 Å². The van der Waals surface area contributed by atoms with Gasteiger partial charge in [0.05, 0.1) is 0 Å². The first kappa shape index (κ1) is 17.5. The molecule has 0 spiro atoms. The van der Waals surface area contributed by atoms with Crippen molar-refractivity contribution in [3.05, 3.63) is 28.8 Å². The normalized spacial score (nSPS) is 11.1. The summed E-state index contributed by atoms with van der Waals surface area (Å²) in [5.41, 5.74) is 0.421. The minimum Gasteiger partial charge on any atom is -0.342 e. The molecule has 5 heteroatoms. The zero-order chi connectivity index (χ0) is 16.2. The average Bonchev–Trinajstić information content (AvgIpc) is 2.42. The van der Waals surface area contributed by atoms with E-state index in [1.165, 1.54) is 0 Å². The predicted molar refractivity (Wildman–Crippen MR) is 86.5 cm³/mol. The molecule has 0 bridgehead atoms. The molecule has 0 saturated heterocycles. The van der Waals surface area contributed by atoms with E-state index in [1.807, 2.05) is 20.8 Å². The molecule has 0 atom stereocenters. The third-order valence-electron chi connectivity index (χ3n) is 3.59. The number of anilines is 1. The Labute approximate surface area is 131 Å². The molecule has 0 aromatic heterocycles. The molecule has 0 radical (unpaired) electrons. The van der Waals surface area contributed by atoms with Crippen LogP contribution in [0.15, 0.2) is 18.2 Å². The summed E-state index contributed by atoms with van der Waals surface area (Å²) < 4.78 is 0. The second-order valence-corrected chi connectivity index (χ2v) is 5.95. The van der Waals surface area contributed by atoms with E-state index in [-0.39, 0.29) is 11.8 Å². The fraction of sp³-hybridized carbons (Fsp3) is 0.500. The van der Waals surface area contributed by atoms with E-state index in [0.717, 1.165) is 5.56 Å². The Morgan fingerprint density at radius 1 is 1.24 bits per heavy atom. The number of carbonyl (C=O) groups is 2. The number of hydrogen-bond donors (Lipinski definition) is 1. The average molecular weight is 311 g/mol. The lowest BCUT2D eigenvalue weighted by atomic mass is 9.90. The Balaban J connectivity index is 2.93. The molecule has 0 aliphatic rings. The van der Waals surface area contributed by atoms with Gasteiger partial charge in [0.2, 0.25) is 11.8 Å². The highest BCUT2D eigenvalue weighted by atomic mass is 35.5. The molecule has 21 heavy (non-hydrogen) atoms. The van der Waals surface area contributed by atoms with Crippen LogP contribution in [-0.2, 0) is 9.59 Å². The molecule has 116 valence electrons. The maximum Gasteiger partial charge on any atom is 0.239 e. The zero-order valence-corrected chi connectivity index (χ0v) is 14.0. The molecule has 0 fully saturated rings. The van der Waals surface area contributed by atoms with Crippen LogP contribution in [0.2, 0.25) is 5.02 Å². The van der Waals surface area contributed by atoms with Crippen LogP contribution in [0, 0.1) is 12.3 Å². The largest absolute Gasteiger partial charge is 0.342 e. The Kier molecular flexibility index (Phi) is 5.78. The van der Waals surface area contributed by atoms with Crippen molar-refractivity contribution in [2.45, 2.75) is 34.6 Å². The Bertz CT molecular complexity index is 537. The van der Waals surface area contributed by atoms with Crippen molar-refractivity contribution in [2.24, 2.45) is 5.41 Å². The van der Waals surface area contributed by atoms with E-state index < -0.39 is 5.41 Å². The van der Waals surface area contributed by atoms with E-state index in [4.69, 9.17) is 11.6 Å². The first-order chi connectivity index (χ1) is 9.73. The topological polar surface area (TPSA) is 49.4 Å². The summed E-state index contributed by atoms with van der Waals surface area (Å²) >= 11 is 5.90. The van der Waals surface area contributed by atoms with Crippen molar-refractivity contribution in [1.82, 2.24) is 4.90 Å². The minimum absolute atomic E-state index is 0.170. The first-order valence-electron chi connectivity index (χ1n) is 7.11. The highest BCUT2D eigenvalue weighted by Gasteiger charge is 2.38. The molecule has 4 nitrogen and oxygen atoms in total. The summed E-state index contributed by atoms with van der Waals surface area (Å²) in [5, 5.41) is 3.43. The molecule has 1 N–H and O–H groups in total. The maximum absolute atomic E-state index is 12.5. The summed E-state index contributed by atoms with van der Waals surface area (Å²) in [5.74, 6) is -0.485. The Morgan fingerprint density at radius 2 is 1.81 bits per heavy atom. The molecular formula is C16H23ClN2O2. The quantitative estimate of drug-likeness (QED) is 0.846. The van der Waals surface area contributed by atoms with Gasteiger partial charge >= 0.3 is 0 Å². The van der Waals surface area contributed by atoms with Gasteiger partial charge in [0, 0.05) is 23.8 Å². The summed E-state index contributed by atoms with van der Waals surface area (Å²) in [6.45, 7) is 10.1. The van der Waals surface area contributed by atoms with Crippen LogP contribution < -0.4 is 5.32 Å². The lowest BCUT2D eigenvalue weighted by molar-refractivity contribution is -0.146. The van der Waals surface area contributed by atoms with Crippen molar-refractivity contribution in [1.29, 1.82) is 0 Å². The minimum atomic E-state index is -1.11. The van der Waals surface area contributed by atoms with Crippen LogP contribution in [0.4, 0.5) is 5.69 Å². The highest BCUT2D eigenvalue weighted by Crippen LogP contribution is 2.25. The standard InChI is InChI=1S/C16H23ClN2O2/c1-6-19(7-2)15(21)16(4,5)14(20)18-13-9-8-12(17)10-11(13)3/h8-10H,6-7H2,1-5H3,(H,18,20). The molecule has 0 heterocycles. The van der Waals surface area contributed by atoms with Crippen molar-refractivity contribution < 1.29 is 9.59 Å². The van der Waals surface area contributed by atoms with Crippen molar-refractivity contribution >= 4 is 29.1 Å². The number of hydrogen-bond acceptors (Lipinski definition) is 2. The fourth-order valence-electron chi connectivity index (χ4n) is 2.05. The summed E-state index contributed by atoms with van der Waals surface area (Å²) in [6, 6.07) is 5.23. The molecule has 0 unspecified atom stereocenters. The molecule has 0 aliphatic heterocycles. The SMILES string of the molecule is CCN(CC)C(=O)C(C)(C)C(=O)Nc1ccc(Cl)cc1C. The lowest BCUT2D eigenvalue weighted by Crippen LogP contribution is -2.47. The summed E-state index contributed by atoms with van der Waals surface area (Å²) in [4.78, 5) is 26.6. The predicted octanol–water partition coefficient (Wildman–Crippen LogP) is 3.48. The third kappa shape index (κ3) is 3.97. The van der Waals surface area contributed by atoms with Crippen LogP contribution in [0.5, 0.6) is 0 Å². The van der Waals surface area contributed by atoms with Gasteiger partial charge in [-0.15, -0.1) is 0 Å².